The summed E-state index contributed by atoms with van der Waals surface area (Å²) in [5.41, 5.74) is 9.42. The van der Waals surface area contributed by atoms with Crippen molar-refractivity contribution < 1.29 is 4.79 Å². The number of carbonyl (C=O) groups excluding carboxylic acids is 1. The zero-order valence-electron chi connectivity index (χ0n) is 12.6. The SMILES string of the molecule is CCc1nnc(C)cc1C(=O)NC(C)c1ccc(N)cc1. The maximum Gasteiger partial charge on any atom is 0.253 e. The molecule has 0 saturated heterocycles. The number of anilines is 1. The number of nitrogens with two attached hydrogens (primary N) is 1. The number of aromatic nitrogens is 2. The Bertz CT molecular complexity index is 637. The molecular weight excluding hydrogens is 264 g/mol. The van der Waals surface area contributed by atoms with Crippen LogP contribution in [0.5, 0.6) is 0 Å². The van der Waals surface area contributed by atoms with E-state index in [1.807, 2.05) is 45.0 Å². The second kappa shape index (κ2) is 6.35. The molecular formula is C16H20N4O. The van der Waals surface area contributed by atoms with Crippen LogP contribution in [-0.2, 0) is 6.42 Å². The van der Waals surface area contributed by atoms with Gasteiger partial charge in [-0.15, -0.1) is 0 Å². The molecule has 0 aliphatic rings. The minimum absolute atomic E-state index is 0.101. The molecule has 0 fully saturated rings. The van der Waals surface area contributed by atoms with E-state index in [9.17, 15) is 4.79 Å². The highest BCUT2D eigenvalue weighted by atomic mass is 16.1. The van der Waals surface area contributed by atoms with Gasteiger partial charge in [-0.2, -0.15) is 10.2 Å². The van der Waals surface area contributed by atoms with Crippen LogP contribution in [0.4, 0.5) is 5.69 Å². The minimum Gasteiger partial charge on any atom is -0.399 e. The number of benzene rings is 1. The van der Waals surface area contributed by atoms with Gasteiger partial charge in [0.15, 0.2) is 0 Å². The van der Waals surface area contributed by atoms with Gasteiger partial charge in [0.1, 0.15) is 0 Å². The van der Waals surface area contributed by atoms with E-state index in [-0.39, 0.29) is 11.9 Å². The summed E-state index contributed by atoms with van der Waals surface area (Å²) in [5.74, 6) is -0.130. The van der Waals surface area contributed by atoms with Crippen LogP contribution in [0, 0.1) is 6.92 Å². The number of carbonyl (C=O) groups is 1. The van der Waals surface area contributed by atoms with Gasteiger partial charge < -0.3 is 11.1 Å². The minimum atomic E-state index is -0.130. The predicted molar refractivity (Wildman–Crippen MR) is 82.9 cm³/mol. The van der Waals surface area contributed by atoms with Crippen molar-refractivity contribution in [3.05, 3.63) is 52.8 Å². The van der Waals surface area contributed by atoms with Crippen LogP contribution in [-0.4, -0.2) is 16.1 Å². The fraction of sp³-hybridized carbons (Fsp3) is 0.312. The standard InChI is InChI=1S/C16H20N4O/c1-4-15-14(9-10(2)19-20-15)16(21)18-11(3)12-5-7-13(17)8-6-12/h5-9,11H,4,17H2,1-3H3,(H,18,21). The van der Waals surface area contributed by atoms with E-state index in [1.165, 1.54) is 0 Å². The van der Waals surface area contributed by atoms with Crippen LogP contribution in [0.3, 0.4) is 0 Å². The molecule has 2 aromatic rings. The monoisotopic (exact) mass is 284 g/mol. The molecule has 0 bridgehead atoms. The lowest BCUT2D eigenvalue weighted by molar-refractivity contribution is 0.0938. The Balaban J connectivity index is 2.17. The Labute approximate surface area is 124 Å². The van der Waals surface area contributed by atoms with E-state index in [2.05, 4.69) is 15.5 Å². The van der Waals surface area contributed by atoms with Gasteiger partial charge in [-0.1, -0.05) is 19.1 Å². The smallest absolute Gasteiger partial charge is 0.253 e. The van der Waals surface area contributed by atoms with Crippen molar-refractivity contribution in [2.45, 2.75) is 33.2 Å². The molecule has 21 heavy (non-hydrogen) atoms. The molecule has 1 unspecified atom stereocenters. The third kappa shape index (κ3) is 3.56. The van der Waals surface area contributed by atoms with Crippen LogP contribution in [0.15, 0.2) is 30.3 Å². The number of amides is 1. The van der Waals surface area contributed by atoms with Crippen molar-refractivity contribution in [3.63, 3.8) is 0 Å². The van der Waals surface area contributed by atoms with E-state index in [1.54, 1.807) is 6.07 Å². The Morgan fingerprint density at radius 1 is 1.29 bits per heavy atom. The van der Waals surface area contributed by atoms with Crippen molar-refractivity contribution in [1.82, 2.24) is 15.5 Å². The van der Waals surface area contributed by atoms with Gasteiger partial charge in [0.2, 0.25) is 0 Å². The Morgan fingerprint density at radius 3 is 2.57 bits per heavy atom. The Kier molecular flexibility index (Phi) is 4.52. The average molecular weight is 284 g/mol. The van der Waals surface area contributed by atoms with Crippen molar-refractivity contribution in [2.24, 2.45) is 0 Å². The van der Waals surface area contributed by atoms with Crippen molar-refractivity contribution in [1.29, 1.82) is 0 Å². The lowest BCUT2D eigenvalue weighted by atomic mass is 10.1. The zero-order chi connectivity index (χ0) is 15.4. The first-order valence-electron chi connectivity index (χ1n) is 7.00. The highest BCUT2D eigenvalue weighted by molar-refractivity contribution is 5.95. The van der Waals surface area contributed by atoms with E-state index in [0.29, 0.717) is 23.4 Å². The van der Waals surface area contributed by atoms with Gasteiger partial charge in [0.05, 0.1) is 23.0 Å². The average Bonchev–Trinajstić information content (AvgIpc) is 2.47. The predicted octanol–water partition coefficient (Wildman–Crippen LogP) is 2.42. The molecule has 1 heterocycles. The normalized spacial score (nSPS) is 12.0. The summed E-state index contributed by atoms with van der Waals surface area (Å²) in [4.78, 5) is 12.4. The molecule has 110 valence electrons. The first-order valence-corrected chi connectivity index (χ1v) is 7.00. The Hall–Kier alpha value is -2.43. The van der Waals surface area contributed by atoms with Crippen LogP contribution in [0.2, 0.25) is 0 Å². The van der Waals surface area contributed by atoms with Gasteiger partial charge in [-0.25, -0.2) is 0 Å². The largest absolute Gasteiger partial charge is 0.399 e. The molecule has 1 atom stereocenters. The lowest BCUT2D eigenvalue weighted by Crippen LogP contribution is -2.28. The van der Waals surface area contributed by atoms with Crippen LogP contribution in [0.1, 0.15) is 47.2 Å². The number of hydrogen-bond acceptors (Lipinski definition) is 4. The second-order valence-electron chi connectivity index (χ2n) is 5.06. The highest BCUT2D eigenvalue weighted by Gasteiger charge is 2.16. The highest BCUT2D eigenvalue weighted by Crippen LogP contribution is 2.16. The fourth-order valence-corrected chi connectivity index (χ4v) is 2.11. The van der Waals surface area contributed by atoms with Gasteiger partial charge in [0, 0.05) is 5.69 Å². The quantitative estimate of drug-likeness (QED) is 0.845. The third-order valence-electron chi connectivity index (χ3n) is 3.36. The summed E-state index contributed by atoms with van der Waals surface area (Å²) in [7, 11) is 0. The lowest BCUT2D eigenvalue weighted by Gasteiger charge is -2.15. The molecule has 3 N–H and O–H groups in total. The number of nitrogen functional groups attached to an aromatic ring is 1. The molecule has 2 rings (SSSR count). The molecule has 0 aliphatic carbocycles. The third-order valence-corrected chi connectivity index (χ3v) is 3.36. The fourth-order valence-electron chi connectivity index (χ4n) is 2.11. The summed E-state index contributed by atoms with van der Waals surface area (Å²) >= 11 is 0. The first-order chi connectivity index (χ1) is 10.0. The number of nitrogens with zero attached hydrogens (tertiary/aromatic N) is 2. The van der Waals surface area contributed by atoms with E-state index >= 15 is 0 Å². The zero-order valence-corrected chi connectivity index (χ0v) is 12.6. The maximum absolute atomic E-state index is 12.4. The van der Waals surface area contributed by atoms with Crippen molar-refractivity contribution in [2.75, 3.05) is 5.73 Å². The summed E-state index contributed by atoms with van der Waals surface area (Å²) < 4.78 is 0. The van der Waals surface area contributed by atoms with E-state index in [0.717, 1.165) is 11.3 Å². The molecule has 1 amide bonds. The van der Waals surface area contributed by atoms with Crippen molar-refractivity contribution in [3.8, 4) is 0 Å². The molecule has 0 saturated carbocycles. The summed E-state index contributed by atoms with van der Waals surface area (Å²) in [5, 5.41) is 11.1. The molecule has 0 radical (unpaired) electrons. The summed E-state index contributed by atoms with van der Waals surface area (Å²) in [6.45, 7) is 5.72. The molecule has 5 nitrogen and oxygen atoms in total. The first kappa shape index (κ1) is 15.0. The summed E-state index contributed by atoms with van der Waals surface area (Å²) in [6.07, 6.45) is 0.673. The van der Waals surface area contributed by atoms with Crippen LogP contribution in [0.25, 0.3) is 0 Å². The van der Waals surface area contributed by atoms with Gasteiger partial charge in [0.25, 0.3) is 5.91 Å². The number of rotatable bonds is 4. The number of hydrogen-bond donors (Lipinski definition) is 2. The van der Waals surface area contributed by atoms with Gasteiger partial charge in [-0.05, 0) is 44.0 Å². The van der Waals surface area contributed by atoms with E-state index in [4.69, 9.17) is 5.73 Å². The summed E-state index contributed by atoms with van der Waals surface area (Å²) in [6, 6.07) is 9.16. The molecule has 0 spiro atoms. The molecule has 0 aliphatic heterocycles. The van der Waals surface area contributed by atoms with Crippen molar-refractivity contribution >= 4 is 11.6 Å². The van der Waals surface area contributed by atoms with E-state index < -0.39 is 0 Å². The molecule has 1 aromatic heterocycles. The molecule has 1 aromatic carbocycles. The topological polar surface area (TPSA) is 80.9 Å². The second-order valence-corrected chi connectivity index (χ2v) is 5.06. The number of aryl methyl sites for hydroxylation is 2. The van der Waals surface area contributed by atoms with Gasteiger partial charge >= 0.3 is 0 Å². The Morgan fingerprint density at radius 2 is 1.95 bits per heavy atom. The molecule has 5 heteroatoms. The number of nitrogens with one attached hydrogen (secondary N) is 1. The van der Waals surface area contributed by atoms with Crippen LogP contribution >= 0.6 is 0 Å². The van der Waals surface area contributed by atoms with Crippen LogP contribution < -0.4 is 11.1 Å². The maximum atomic E-state index is 12.4. The van der Waals surface area contributed by atoms with Gasteiger partial charge in [-0.3, -0.25) is 4.79 Å².